The Balaban J connectivity index is 1.49. The van der Waals surface area contributed by atoms with Crippen molar-refractivity contribution < 1.29 is 14.0 Å². The van der Waals surface area contributed by atoms with Gasteiger partial charge in [-0.15, -0.1) is 23.1 Å². The number of hydrogen-bond acceptors (Lipinski definition) is 6. The molecule has 206 valence electrons. The lowest BCUT2D eigenvalue weighted by Gasteiger charge is -2.23. The molecule has 0 saturated heterocycles. The number of aryl methyl sites for hydroxylation is 1. The van der Waals surface area contributed by atoms with Crippen molar-refractivity contribution in [1.82, 2.24) is 20.1 Å². The number of thiophene rings is 1. The van der Waals surface area contributed by atoms with Gasteiger partial charge in [-0.25, -0.2) is 9.07 Å². The van der Waals surface area contributed by atoms with Crippen LogP contribution < -0.4 is 10.2 Å². The van der Waals surface area contributed by atoms with Gasteiger partial charge >= 0.3 is 0 Å². The highest BCUT2D eigenvalue weighted by Gasteiger charge is 2.38. The lowest BCUT2D eigenvalue weighted by atomic mass is 10.0. The number of aromatic nitrogens is 3. The zero-order chi connectivity index (χ0) is 28.3. The van der Waals surface area contributed by atoms with E-state index in [0.29, 0.717) is 5.82 Å². The molecular formula is C31H26FN5O2S2. The van der Waals surface area contributed by atoms with Crippen molar-refractivity contribution in [3.8, 4) is 16.3 Å². The van der Waals surface area contributed by atoms with E-state index in [1.54, 1.807) is 34.3 Å². The van der Waals surface area contributed by atoms with E-state index in [1.165, 1.54) is 28.8 Å². The maximum Gasteiger partial charge on any atom is 0.240 e. The van der Waals surface area contributed by atoms with Crippen molar-refractivity contribution in [2.75, 3.05) is 17.2 Å². The zero-order valence-corrected chi connectivity index (χ0v) is 23.8. The van der Waals surface area contributed by atoms with E-state index in [0.717, 1.165) is 38.6 Å². The zero-order valence-electron chi connectivity index (χ0n) is 22.2. The molecule has 0 aliphatic carbocycles. The Hall–Kier alpha value is -4.28. The number of hydrogen-bond donors (Lipinski definition) is 1. The first-order valence-electron chi connectivity index (χ1n) is 13.1. The van der Waals surface area contributed by atoms with Crippen molar-refractivity contribution in [2.24, 2.45) is 0 Å². The summed E-state index contributed by atoms with van der Waals surface area (Å²) >= 11 is 3.01. The molecule has 1 aliphatic rings. The van der Waals surface area contributed by atoms with Gasteiger partial charge in [-0.05, 0) is 60.3 Å². The summed E-state index contributed by atoms with van der Waals surface area (Å²) in [5.41, 5.74) is 4.98. The van der Waals surface area contributed by atoms with Crippen LogP contribution in [0.3, 0.4) is 0 Å². The summed E-state index contributed by atoms with van der Waals surface area (Å²) in [6.07, 6.45) is 1.67. The SMILES string of the molecule is Cc1ccc(-n2nc(-c3cccs3)c3c2N(CC(=O)NCc2ccccn2)C(=O)CSC3c2ccc(F)cc2)cc1. The van der Waals surface area contributed by atoms with Crippen molar-refractivity contribution in [3.63, 3.8) is 0 Å². The smallest absolute Gasteiger partial charge is 0.240 e. The van der Waals surface area contributed by atoms with Gasteiger partial charge in [0, 0.05) is 11.8 Å². The topological polar surface area (TPSA) is 80.1 Å². The number of amides is 2. The van der Waals surface area contributed by atoms with Crippen LogP contribution in [0.1, 0.15) is 27.6 Å². The molecule has 5 aromatic rings. The van der Waals surface area contributed by atoms with Crippen molar-refractivity contribution >= 4 is 40.7 Å². The monoisotopic (exact) mass is 583 g/mol. The normalized spacial score (nSPS) is 14.9. The highest BCUT2D eigenvalue weighted by Crippen LogP contribution is 2.49. The van der Waals surface area contributed by atoms with Gasteiger partial charge in [0.2, 0.25) is 11.8 Å². The van der Waals surface area contributed by atoms with Gasteiger partial charge in [-0.1, -0.05) is 42.0 Å². The second-order valence-electron chi connectivity index (χ2n) is 9.63. The molecule has 10 heteroatoms. The van der Waals surface area contributed by atoms with Crippen molar-refractivity contribution in [2.45, 2.75) is 18.7 Å². The molecule has 2 aromatic carbocycles. The number of thioether (sulfide) groups is 1. The number of benzene rings is 2. The molecule has 41 heavy (non-hydrogen) atoms. The number of halogens is 1. The van der Waals surface area contributed by atoms with E-state index in [1.807, 2.05) is 66.9 Å². The highest BCUT2D eigenvalue weighted by atomic mass is 32.2. The predicted molar refractivity (Wildman–Crippen MR) is 161 cm³/mol. The maximum atomic E-state index is 13.9. The second-order valence-corrected chi connectivity index (χ2v) is 11.7. The molecule has 0 bridgehead atoms. The standard InChI is InChI=1S/C31H26FN5O2S2/c1-20-7-13-24(14-8-20)37-31-28(29(35-37)25-6-4-16-40-25)30(21-9-11-22(32)12-10-21)41-19-27(39)36(31)18-26(38)34-17-23-5-2-3-15-33-23/h2-16,30H,17-19H2,1H3,(H,34,38). The quantitative estimate of drug-likeness (QED) is 0.257. The van der Waals surface area contributed by atoms with Crippen LogP contribution >= 0.6 is 23.1 Å². The maximum absolute atomic E-state index is 13.9. The van der Waals surface area contributed by atoms with Crippen LogP contribution in [0.2, 0.25) is 0 Å². The van der Waals surface area contributed by atoms with E-state index in [-0.39, 0.29) is 41.7 Å². The Labute approximate surface area is 245 Å². The van der Waals surface area contributed by atoms with Gasteiger partial charge < -0.3 is 5.32 Å². The molecule has 1 aliphatic heterocycles. The number of nitrogens with zero attached hydrogens (tertiary/aromatic N) is 4. The van der Waals surface area contributed by atoms with Gasteiger partial charge in [0.05, 0.1) is 33.8 Å². The molecule has 7 nitrogen and oxygen atoms in total. The minimum Gasteiger partial charge on any atom is -0.349 e. The molecule has 1 atom stereocenters. The fraction of sp³-hybridized carbons (Fsp3) is 0.161. The third-order valence-corrected chi connectivity index (χ3v) is 8.92. The average Bonchev–Trinajstić information content (AvgIpc) is 3.63. The molecule has 0 saturated carbocycles. The highest BCUT2D eigenvalue weighted by molar-refractivity contribution is 8.00. The molecule has 1 N–H and O–H groups in total. The van der Waals surface area contributed by atoms with Crippen molar-refractivity contribution in [3.05, 3.63) is 119 Å². The summed E-state index contributed by atoms with van der Waals surface area (Å²) < 4.78 is 15.7. The number of nitrogens with one attached hydrogen (secondary N) is 1. The molecular weight excluding hydrogens is 558 g/mol. The molecule has 4 heterocycles. The number of fused-ring (bicyclic) bond motifs is 1. The van der Waals surface area contributed by atoms with Crippen LogP contribution in [0.25, 0.3) is 16.3 Å². The molecule has 1 unspecified atom stereocenters. The average molecular weight is 584 g/mol. The van der Waals surface area contributed by atoms with E-state index in [4.69, 9.17) is 5.10 Å². The van der Waals surface area contributed by atoms with E-state index in [2.05, 4.69) is 10.3 Å². The van der Waals surface area contributed by atoms with E-state index >= 15 is 0 Å². The molecule has 2 amide bonds. The number of carbonyl (C=O) groups is 2. The predicted octanol–water partition coefficient (Wildman–Crippen LogP) is 5.93. The fourth-order valence-corrected chi connectivity index (χ4v) is 6.69. The number of rotatable bonds is 7. The first kappa shape index (κ1) is 26.9. The van der Waals surface area contributed by atoms with Crippen LogP contribution in [-0.2, 0) is 16.1 Å². The third kappa shape index (κ3) is 5.66. The van der Waals surface area contributed by atoms with Gasteiger partial charge in [0.25, 0.3) is 0 Å². The van der Waals surface area contributed by atoms with Gasteiger partial charge in [0.15, 0.2) is 0 Å². The van der Waals surface area contributed by atoms with E-state index < -0.39 is 0 Å². The molecule has 0 radical (unpaired) electrons. The van der Waals surface area contributed by atoms with Crippen molar-refractivity contribution in [1.29, 1.82) is 0 Å². The Kier molecular flexibility index (Phi) is 7.67. The number of carbonyl (C=O) groups excluding carboxylic acids is 2. The first-order chi connectivity index (χ1) is 20.0. The summed E-state index contributed by atoms with van der Waals surface area (Å²) in [4.78, 5) is 33.8. The molecule has 3 aromatic heterocycles. The van der Waals surface area contributed by atoms with Crippen LogP contribution in [0.5, 0.6) is 0 Å². The Morgan fingerprint density at radius 1 is 1.05 bits per heavy atom. The lowest BCUT2D eigenvalue weighted by molar-refractivity contribution is -0.123. The Bertz CT molecular complexity index is 1670. The first-order valence-corrected chi connectivity index (χ1v) is 15.0. The van der Waals surface area contributed by atoms with Crippen LogP contribution in [0.4, 0.5) is 10.2 Å². The second kappa shape index (κ2) is 11.7. The molecule has 0 spiro atoms. The van der Waals surface area contributed by atoms with Crippen LogP contribution in [0, 0.1) is 12.7 Å². The minimum atomic E-state index is -0.330. The summed E-state index contributed by atoms with van der Waals surface area (Å²) in [5.74, 6) is -0.171. The summed E-state index contributed by atoms with van der Waals surface area (Å²) in [5, 5.41) is 9.63. The van der Waals surface area contributed by atoms with Gasteiger partial charge in [-0.3, -0.25) is 19.5 Å². The summed E-state index contributed by atoms with van der Waals surface area (Å²) in [6, 6.07) is 23.7. The third-order valence-electron chi connectivity index (χ3n) is 6.79. The molecule has 0 fully saturated rings. The van der Waals surface area contributed by atoms with Crippen LogP contribution in [0.15, 0.2) is 90.4 Å². The Morgan fingerprint density at radius 2 is 1.85 bits per heavy atom. The summed E-state index contributed by atoms with van der Waals surface area (Å²) in [6.45, 7) is 2.07. The summed E-state index contributed by atoms with van der Waals surface area (Å²) in [7, 11) is 0. The van der Waals surface area contributed by atoms with Crippen LogP contribution in [-0.4, -0.2) is 38.9 Å². The van der Waals surface area contributed by atoms with Gasteiger partial charge in [0.1, 0.15) is 23.9 Å². The Morgan fingerprint density at radius 3 is 2.56 bits per heavy atom. The van der Waals surface area contributed by atoms with Gasteiger partial charge in [-0.2, -0.15) is 5.10 Å². The number of anilines is 1. The fourth-order valence-electron chi connectivity index (χ4n) is 4.77. The van der Waals surface area contributed by atoms with E-state index in [9.17, 15) is 14.0 Å². The lowest BCUT2D eigenvalue weighted by Crippen LogP contribution is -2.42. The molecule has 6 rings (SSSR count). The minimum absolute atomic E-state index is 0.141. The largest absolute Gasteiger partial charge is 0.349 e. The number of pyridine rings is 1.